The average Bonchev–Trinajstić information content (AvgIpc) is 2.63. The fourth-order valence-corrected chi connectivity index (χ4v) is 5.93. The van der Waals surface area contributed by atoms with Crippen molar-refractivity contribution in [2.75, 3.05) is 23.1 Å². The first-order valence-corrected chi connectivity index (χ1v) is 11.3. The van der Waals surface area contributed by atoms with Crippen LogP contribution in [0.3, 0.4) is 0 Å². The van der Waals surface area contributed by atoms with Crippen LogP contribution >= 0.6 is 35.3 Å². The van der Waals surface area contributed by atoms with Gasteiger partial charge in [-0.3, -0.25) is 4.79 Å². The van der Waals surface area contributed by atoms with Crippen molar-refractivity contribution in [3.05, 3.63) is 59.2 Å². The standard InChI is InChI=1S/C19H21NOS3/c1-13-7-8-16(22-2)12-17(13)18(21)20-15-6-3-5-14(11-15)19-23-9-4-10-24-19/h3,5-8,11-12,19H,4,9-10H2,1-2H3,(H,20,21). The van der Waals surface area contributed by atoms with Crippen LogP contribution in [-0.2, 0) is 0 Å². The minimum atomic E-state index is -0.0375. The molecule has 0 aromatic heterocycles. The fourth-order valence-electron chi connectivity index (χ4n) is 2.61. The van der Waals surface area contributed by atoms with E-state index >= 15 is 0 Å². The summed E-state index contributed by atoms with van der Waals surface area (Å²) in [6, 6.07) is 14.3. The molecular weight excluding hydrogens is 354 g/mol. The van der Waals surface area contributed by atoms with Gasteiger partial charge in [-0.2, -0.15) is 0 Å². The molecule has 1 heterocycles. The highest BCUT2D eigenvalue weighted by molar-refractivity contribution is 8.16. The highest BCUT2D eigenvalue weighted by atomic mass is 32.2. The Hall–Kier alpha value is -1.04. The number of carbonyl (C=O) groups is 1. The van der Waals surface area contributed by atoms with Crippen LogP contribution in [0.4, 0.5) is 5.69 Å². The van der Waals surface area contributed by atoms with Gasteiger partial charge in [0.25, 0.3) is 5.91 Å². The number of thioether (sulfide) groups is 3. The van der Waals surface area contributed by atoms with E-state index < -0.39 is 0 Å². The van der Waals surface area contributed by atoms with E-state index in [4.69, 9.17) is 0 Å². The summed E-state index contributed by atoms with van der Waals surface area (Å²) in [6.45, 7) is 1.98. The van der Waals surface area contributed by atoms with Gasteiger partial charge in [-0.05, 0) is 66.5 Å². The van der Waals surface area contributed by atoms with E-state index in [-0.39, 0.29) is 5.91 Å². The zero-order valence-corrected chi connectivity index (χ0v) is 16.3. The molecule has 1 aliphatic rings. The van der Waals surface area contributed by atoms with E-state index in [0.717, 1.165) is 21.7 Å². The number of benzene rings is 2. The summed E-state index contributed by atoms with van der Waals surface area (Å²) in [7, 11) is 0. The second kappa shape index (κ2) is 8.37. The second-order valence-corrected chi connectivity index (χ2v) is 9.29. The summed E-state index contributed by atoms with van der Waals surface area (Å²) in [6.07, 6.45) is 3.31. The number of rotatable bonds is 4. The third kappa shape index (κ3) is 4.32. The number of nitrogens with one attached hydrogen (secondary N) is 1. The maximum atomic E-state index is 12.7. The Kier molecular flexibility index (Phi) is 6.19. The van der Waals surface area contributed by atoms with E-state index in [0.29, 0.717) is 4.58 Å². The van der Waals surface area contributed by atoms with Gasteiger partial charge in [0, 0.05) is 16.1 Å². The Labute approximate surface area is 156 Å². The van der Waals surface area contributed by atoms with Crippen LogP contribution in [0, 0.1) is 6.92 Å². The molecule has 1 aliphatic heterocycles. The molecule has 1 saturated heterocycles. The van der Waals surface area contributed by atoms with Crippen molar-refractivity contribution < 1.29 is 4.79 Å². The van der Waals surface area contributed by atoms with Crippen molar-refractivity contribution >= 4 is 46.9 Å². The topological polar surface area (TPSA) is 29.1 Å². The number of hydrogen-bond donors (Lipinski definition) is 1. The number of amides is 1. The predicted molar refractivity (Wildman–Crippen MR) is 110 cm³/mol. The van der Waals surface area contributed by atoms with E-state index in [2.05, 4.69) is 23.5 Å². The molecule has 126 valence electrons. The van der Waals surface area contributed by atoms with Crippen LogP contribution in [0.25, 0.3) is 0 Å². The van der Waals surface area contributed by atoms with E-state index in [1.165, 1.54) is 23.5 Å². The van der Waals surface area contributed by atoms with Gasteiger partial charge < -0.3 is 5.32 Å². The second-order valence-electron chi connectivity index (χ2n) is 5.69. The SMILES string of the molecule is CSc1ccc(C)c(C(=O)Nc2cccc(C3SCCCS3)c2)c1. The maximum absolute atomic E-state index is 12.7. The zero-order valence-electron chi connectivity index (χ0n) is 13.9. The molecule has 0 aliphatic carbocycles. The van der Waals surface area contributed by atoms with Gasteiger partial charge in [-0.15, -0.1) is 35.3 Å². The minimum Gasteiger partial charge on any atom is -0.322 e. The monoisotopic (exact) mass is 375 g/mol. The molecule has 0 atom stereocenters. The molecule has 0 unspecified atom stereocenters. The lowest BCUT2D eigenvalue weighted by molar-refractivity contribution is 0.102. The largest absolute Gasteiger partial charge is 0.322 e. The first kappa shape index (κ1) is 17.8. The number of hydrogen-bond acceptors (Lipinski definition) is 4. The molecular formula is C19H21NOS3. The molecule has 24 heavy (non-hydrogen) atoms. The smallest absolute Gasteiger partial charge is 0.255 e. The average molecular weight is 376 g/mol. The molecule has 0 bridgehead atoms. The Morgan fingerprint density at radius 2 is 1.96 bits per heavy atom. The molecule has 2 aromatic rings. The number of carbonyl (C=O) groups excluding carboxylic acids is 1. The molecule has 1 fully saturated rings. The quantitative estimate of drug-likeness (QED) is 0.680. The van der Waals surface area contributed by atoms with Crippen LogP contribution in [0.15, 0.2) is 47.4 Å². The summed E-state index contributed by atoms with van der Waals surface area (Å²) in [5, 5.41) is 3.06. The lowest BCUT2D eigenvalue weighted by atomic mass is 10.1. The molecule has 3 rings (SSSR count). The summed E-state index contributed by atoms with van der Waals surface area (Å²) < 4.78 is 0.483. The lowest BCUT2D eigenvalue weighted by Gasteiger charge is -2.21. The molecule has 0 saturated carbocycles. The van der Waals surface area contributed by atoms with Crippen LogP contribution < -0.4 is 5.32 Å². The van der Waals surface area contributed by atoms with Crippen molar-refractivity contribution in [1.82, 2.24) is 0 Å². The van der Waals surface area contributed by atoms with Crippen LogP contribution in [0.5, 0.6) is 0 Å². The summed E-state index contributed by atoms with van der Waals surface area (Å²) in [4.78, 5) is 13.8. The number of aryl methyl sites for hydroxylation is 1. The normalized spacial score (nSPS) is 15.2. The summed E-state index contributed by atoms with van der Waals surface area (Å²) in [5.74, 6) is 2.40. The van der Waals surface area contributed by atoms with Gasteiger partial charge in [0.05, 0.1) is 4.58 Å². The van der Waals surface area contributed by atoms with Crippen molar-refractivity contribution in [3.63, 3.8) is 0 Å². The lowest BCUT2D eigenvalue weighted by Crippen LogP contribution is -2.13. The molecule has 0 spiro atoms. The Morgan fingerprint density at radius 3 is 2.71 bits per heavy atom. The number of anilines is 1. The first-order chi connectivity index (χ1) is 11.7. The van der Waals surface area contributed by atoms with E-state index in [1.807, 2.05) is 61.0 Å². The highest BCUT2D eigenvalue weighted by Gasteiger charge is 2.17. The summed E-state index contributed by atoms with van der Waals surface area (Å²) >= 11 is 5.64. The maximum Gasteiger partial charge on any atom is 0.255 e. The van der Waals surface area contributed by atoms with Crippen molar-refractivity contribution in [2.24, 2.45) is 0 Å². The Morgan fingerprint density at radius 1 is 1.17 bits per heavy atom. The Balaban J connectivity index is 1.77. The third-order valence-electron chi connectivity index (χ3n) is 3.93. The van der Waals surface area contributed by atoms with Gasteiger partial charge in [0.2, 0.25) is 0 Å². The van der Waals surface area contributed by atoms with Crippen LogP contribution in [0.2, 0.25) is 0 Å². The van der Waals surface area contributed by atoms with E-state index in [1.54, 1.807) is 11.8 Å². The van der Waals surface area contributed by atoms with Gasteiger partial charge in [-0.1, -0.05) is 18.2 Å². The van der Waals surface area contributed by atoms with Crippen molar-refractivity contribution in [2.45, 2.75) is 22.8 Å². The molecule has 1 N–H and O–H groups in total. The van der Waals surface area contributed by atoms with Gasteiger partial charge in [0.1, 0.15) is 0 Å². The molecule has 5 heteroatoms. The first-order valence-electron chi connectivity index (χ1n) is 7.96. The zero-order chi connectivity index (χ0) is 16.9. The van der Waals surface area contributed by atoms with Crippen LogP contribution in [-0.4, -0.2) is 23.7 Å². The molecule has 2 aromatic carbocycles. The van der Waals surface area contributed by atoms with Gasteiger partial charge >= 0.3 is 0 Å². The third-order valence-corrected chi connectivity index (χ3v) is 7.67. The van der Waals surface area contributed by atoms with Gasteiger partial charge in [0.15, 0.2) is 0 Å². The molecule has 0 radical (unpaired) electrons. The molecule has 1 amide bonds. The summed E-state index contributed by atoms with van der Waals surface area (Å²) in [5.41, 5.74) is 3.91. The molecule has 2 nitrogen and oxygen atoms in total. The highest BCUT2D eigenvalue weighted by Crippen LogP contribution is 2.44. The Bertz CT molecular complexity index is 726. The van der Waals surface area contributed by atoms with Gasteiger partial charge in [-0.25, -0.2) is 0 Å². The van der Waals surface area contributed by atoms with E-state index in [9.17, 15) is 4.79 Å². The van der Waals surface area contributed by atoms with Crippen LogP contribution in [0.1, 0.15) is 32.5 Å². The fraction of sp³-hybridized carbons (Fsp3) is 0.316. The minimum absolute atomic E-state index is 0.0375. The van der Waals surface area contributed by atoms with Crippen molar-refractivity contribution in [3.8, 4) is 0 Å². The predicted octanol–water partition coefficient (Wildman–Crippen LogP) is 5.84. The van der Waals surface area contributed by atoms with Crippen molar-refractivity contribution in [1.29, 1.82) is 0 Å².